The van der Waals surface area contributed by atoms with Crippen molar-refractivity contribution in [3.8, 4) is 67.7 Å². The lowest BCUT2D eigenvalue weighted by Crippen LogP contribution is -2.32. The summed E-state index contributed by atoms with van der Waals surface area (Å²) in [5.74, 6) is 2.53. The van der Waals surface area contributed by atoms with Gasteiger partial charge in [0.25, 0.3) is 0 Å². The van der Waals surface area contributed by atoms with E-state index in [4.69, 9.17) is 14.7 Å². The van der Waals surface area contributed by atoms with Crippen molar-refractivity contribution in [2.45, 2.75) is 5.41 Å². The molecule has 8 aromatic rings. The molecule has 0 radical (unpaired) electrons. The van der Waals surface area contributed by atoms with E-state index in [2.05, 4.69) is 174 Å². The molecule has 0 saturated carbocycles. The van der Waals surface area contributed by atoms with Gasteiger partial charge in [0.05, 0.1) is 20.4 Å². The Balaban J connectivity index is 1.10. The van der Waals surface area contributed by atoms with Gasteiger partial charge in [-0.2, -0.15) is 0 Å². The largest absolute Gasteiger partial charge is 0.457 e. The molecule has 1 spiro atoms. The molecule has 10 rings (SSSR count). The van der Waals surface area contributed by atoms with Crippen molar-refractivity contribution >= 4 is 22.6 Å². The van der Waals surface area contributed by atoms with Gasteiger partial charge in [0, 0.05) is 27.8 Å². The van der Waals surface area contributed by atoms with E-state index in [1.165, 1.54) is 38.9 Å². The second-order valence-electron chi connectivity index (χ2n) is 13.0. The van der Waals surface area contributed by atoms with Gasteiger partial charge in [0.1, 0.15) is 11.5 Å². The number of hydrogen-bond donors (Lipinski definition) is 0. The van der Waals surface area contributed by atoms with Crippen LogP contribution in [0.15, 0.2) is 176 Å². The molecule has 1 aliphatic heterocycles. The van der Waals surface area contributed by atoms with Crippen molar-refractivity contribution in [3.05, 3.63) is 202 Å². The average molecular weight is 765 g/mol. The molecular weight excluding hydrogens is 735 g/mol. The number of aromatic nitrogens is 2. The highest BCUT2D eigenvalue weighted by Gasteiger charge is 2.50. The van der Waals surface area contributed by atoms with E-state index in [-0.39, 0.29) is 0 Å². The van der Waals surface area contributed by atoms with E-state index < -0.39 is 5.41 Å². The van der Waals surface area contributed by atoms with Gasteiger partial charge in [-0.15, -0.1) is 0 Å². The van der Waals surface area contributed by atoms with Crippen LogP contribution in [0.25, 0.3) is 56.2 Å². The minimum absolute atomic E-state index is 0.462. The topological polar surface area (TPSA) is 35.0 Å². The van der Waals surface area contributed by atoms with E-state index >= 15 is 0 Å². The first-order valence-corrected chi connectivity index (χ1v) is 18.2. The summed E-state index contributed by atoms with van der Waals surface area (Å²) in [6, 6.07) is 62.3. The molecule has 0 atom stereocenters. The number of para-hydroxylation sites is 2. The van der Waals surface area contributed by atoms with Crippen LogP contribution in [0.3, 0.4) is 0 Å². The molecule has 3 nitrogen and oxygen atoms in total. The van der Waals surface area contributed by atoms with Crippen LogP contribution in [0.2, 0.25) is 0 Å². The van der Waals surface area contributed by atoms with Gasteiger partial charge < -0.3 is 4.74 Å². The molecule has 2 aliphatic rings. The fraction of sp³-hybridized carbons (Fsp3) is 0.0213. The average Bonchev–Trinajstić information content (AvgIpc) is 3.49. The first-order chi connectivity index (χ1) is 25.2. The summed E-state index contributed by atoms with van der Waals surface area (Å²) in [6.45, 7) is 0. The standard InChI is InChI=1S/C47H29IN2O/c48-43-44(31-13-3-1-4-14-31)49-46(33-15-5-2-6-16-33)50-45(43)32-25-23-30(24-26-32)34-27-28-38-36(29-34)35-17-7-8-18-37(35)47(38)39-19-9-11-21-41(39)51-42-22-12-10-20-40(42)47/h1-29H. The third-order valence-electron chi connectivity index (χ3n) is 10.3. The monoisotopic (exact) mass is 764 g/mol. The highest BCUT2D eigenvalue weighted by atomic mass is 127. The lowest BCUT2D eigenvalue weighted by molar-refractivity contribution is 0.436. The van der Waals surface area contributed by atoms with Crippen LogP contribution in [-0.4, -0.2) is 9.97 Å². The normalized spacial score (nSPS) is 13.1. The first kappa shape index (κ1) is 30.0. The predicted octanol–water partition coefficient (Wildman–Crippen LogP) is 12.2. The van der Waals surface area contributed by atoms with Gasteiger partial charge in [-0.3, -0.25) is 0 Å². The summed E-state index contributed by atoms with van der Waals surface area (Å²) in [4.78, 5) is 10.2. The molecule has 0 saturated heterocycles. The van der Waals surface area contributed by atoms with Crippen LogP contribution in [0, 0.1) is 3.57 Å². The number of fused-ring (bicyclic) bond motifs is 9. The van der Waals surface area contributed by atoms with Crippen LogP contribution in [-0.2, 0) is 5.41 Å². The smallest absolute Gasteiger partial charge is 0.160 e. The summed E-state index contributed by atoms with van der Waals surface area (Å²) >= 11 is 2.41. The number of ether oxygens (including phenoxy) is 1. The lowest BCUT2D eigenvalue weighted by Gasteiger charge is -2.39. The van der Waals surface area contributed by atoms with Gasteiger partial charge in [-0.25, -0.2) is 9.97 Å². The quantitative estimate of drug-likeness (QED) is 0.167. The number of rotatable bonds is 4. The Morgan fingerprint density at radius 2 is 0.863 bits per heavy atom. The van der Waals surface area contributed by atoms with E-state index in [0.29, 0.717) is 0 Å². The Morgan fingerprint density at radius 1 is 0.392 bits per heavy atom. The lowest BCUT2D eigenvalue weighted by atomic mass is 9.66. The van der Waals surface area contributed by atoms with E-state index in [1.807, 2.05) is 24.3 Å². The van der Waals surface area contributed by atoms with Crippen molar-refractivity contribution in [1.29, 1.82) is 0 Å². The molecule has 0 unspecified atom stereocenters. The van der Waals surface area contributed by atoms with Crippen molar-refractivity contribution in [2.75, 3.05) is 0 Å². The molecule has 51 heavy (non-hydrogen) atoms. The summed E-state index contributed by atoms with van der Waals surface area (Å²) in [6.07, 6.45) is 0. The fourth-order valence-corrected chi connectivity index (χ4v) is 8.87. The summed E-state index contributed by atoms with van der Waals surface area (Å²) < 4.78 is 7.53. The molecular formula is C47H29IN2O. The summed E-state index contributed by atoms with van der Waals surface area (Å²) in [5, 5.41) is 0. The Kier molecular flexibility index (Phi) is 7.00. The van der Waals surface area contributed by atoms with Gasteiger partial charge in [0.2, 0.25) is 0 Å². The predicted molar refractivity (Wildman–Crippen MR) is 214 cm³/mol. The zero-order chi connectivity index (χ0) is 33.9. The molecule has 1 aromatic heterocycles. The second kappa shape index (κ2) is 11.9. The zero-order valence-corrected chi connectivity index (χ0v) is 29.6. The molecule has 2 heterocycles. The maximum Gasteiger partial charge on any atom is 0.160 e. The van der Waals surface area contributed by atoms with Gasteiger partial charge in [0.15, 0.2) is 5.82 Å². The SMILES string of the molecule is Ic1c(-c2ccccc2)nc(-c2ccccc2)nc1-c1ccc(-c2ccc3c(c2)-c2ccccc2C32c3ccccc3Oc3ccccc32)cc1. The molecule has 4 heteroatoms. The number of benzene rings is 7. The maximum atomic E-state index is 6.50. The van der Waals surface area contributed by atoms with Crippen LogP contribution >= 0.6 is 22.6 Å². The molecule has 0 amide bonds. The van der Waals surface area contributed by atoms with Crippen molar-refractivity contribution in [1.82, 2.24) is 9.97 Å². The molecule has 0 fully saturated rings. The molecule has 1 aliphatic carbocycles. The van der Waals surface area contributed by atoms with Crippen molar-refractivity contribution in [2.24, 2.45) is 0 Å². The van der Waals surface area contributed by atoms with Gasteiger partial charge in [-0.1, -0.05) is 158 Å². The number of nitrogens with zero attached hydrogens (tertiary/aromatic N) is 2. The van der Waals surface area contributed by atoms with Crippen LogP contribution < -0.4 is 4.74 Å². The third-order valence-corrected chi connectivity index (χ3v) is 11.3. The number of hydrogen-bond acceptors (Lipinski definition) is 3. The highest BCUT2D eigenvalue weighted by molar-refractivity contribution is 14.1. The minimum Gasteiger partial charge on any atom is -0.457 e. The molecule has 240 valence electrons. The molecule has 0 bridgehead atoms. The minimum atomic E-state index is -0.462. The van der Waals surface area contributed by atoms with E-state index in [0.717, 1.165) is 54.5 Å². The number of halogens is 1. The van der Waals surface area contributed by atoms with Crippen LogP contribution in [0.1, 0.15) is 22.3 Å². The van der Waals surface area contributed by atoms with E-state index in [9.17, 15) is 0 Å². The fourth-order valence-electron chi connectivity index (χ4n) is 8.00. The van der Waals surface area contributed by atoms with Crippen LogP contribution in [0.4, 0.5) is 0 Å². The van der Waals surface area contributed by atoms with Crippen molar-refractivity contribution < 1.29 is 4.74 Å². The Hall–Kier alpha value is -5.85. The molecule has 7 aromatic carbocycles. The van der Waals surface area contributed by atoms with Crippen LogP contribution in [0.5, 0.6) is 11.5 Å². The maximum absolute atomic E-state index is 6.50. The Bertz CT molecular complexity index is 2570. The first-order valence-electron chi connectivity index (χ1n) is 17.1. The van der Waals surface area contributed by atoms with Crippen molar-refractivity contribution in [3.63, 3.8) is 0 Å². The molecule has 0 N–H and O–H groups in total. The Labute approximate surface area is 310 Å². The third kappa shape index (κ3) is 4.63. The zero-order valence-electron chi connectivity index (χ0n) is 27.4. The highest BCUT2D eigenvalue weighted by Crippen LogP contribution is 2.62. The summed E-state index contributed by atoms with van der Waals surface area (Å²) in [5.41, 5.74) is 14.3. The second-order valence-corrected chi connectivity index (χ2v) is 14.1. The van der Waals surface area contributed by atoms with E-state index in [1.54, 1.807) is 0 Å². The van der Waals surface area contributed by atoms with Gasteiger partial charge >= 0.3 is 0 Å². The Morgan fingerprint density at radius 3 is 1.51 bits per heavy atom. The van der Waals surface area contributed by atoms with Gasteiger partial charge in [-0.05, 0) is 74.2 Å². The summed E-state index contributed by atoms with van der Waals surface area (Å²) in [7, 11) is 0.